The molecule has 0 atom stereocenters. The largest absolute Gasteiger partial charge is 0.475 e. The molecule has 0 bridgehead atoms. The minimum atomic E-state index is -0.331. The second kappa shape index (κ2) is 9.42. The Morgan fingerprint density at radius 1 is 0.967 bits per heavy atom. The smallest absolute Gasteiger partial charge is 0.267 e. The zero-order valence-corrected chi connectivity index (χ0v) is 17.4. The van der Waals surface area contributed by atoms with Crippen LogP contribution < -0.4 is 15.6 Å². The van der Waals surface area contributed by atoms with Gasteiger partial charge in [0.15, 0.2) is 0 Å². The Morgan fingerprint density at radius 3 is 2.37 bits per heavy atom. The molecular weight excluding hydrogens is 422 g/mol. The van der Waals surface area contributed by atoms with Crippen LogP contribution in [0.4, 0.5) is 0 Å². The lowest BCUT2D eigenvalue weighted by molar-refractivity contribution is -0.122. The Morgan fingerprint density at radius 2 is 1.70 bits per heavy atom. The van der Waals surface area contributed by atoms with Gasteiger partial charge in [-0.05, 0) is 35.0 Å². The highest BCUT2D eigenvalue weighted by Gasteiger charge is 2.09. The maximum atomic E-state index is 12.2. The first-order valence-electron chi connectivity index (χ1n) is 9.08. The van der Waals surface area contributed by atoms with E-state index in [2.05, 4.69) is 20.6 Å². The number of thiophene rings is 2. The second-order valence-corrected chi connectivity index (χ2v) is 8.02. The number of hydrogen-bond acceptors (Lipinski definition) is 8. The van der Waals surface area contributed by atoms with E-state index in [0.717, 1.165) is 20.1 Å². The number of carbonyl (C=O) groups excluding carboxylic acids is 1. The number of hydrogen-bond donors (Lipinski definition) is 1. The lowest BCUT2D eigenvalue weighted by Crippen LogP contribution is -2.35. The molecule has 0 unspecified atom stereocenters. The Labute approximate surface area is 179 Å². The molecule has 0 aliphatic rings. The zero-order chi connectivity index (χ0) is 20.8. The number of nitrogens with zero attached hydrogens (tertiary/aromatic N) is 4. The molecule has 10 heteroatoms. The topological polar surface area (TPSA) is 99.0 Å². The number of rotatable bonds is 8. The molecule has 0 aliphatic carbocycles. The molecule has 0 spiro atoms. The summed E-state index contributed by atoms with van der Waals surface area (Å²) in [5.74, 6) is 0.0572. The molecule has 4 aromatic heterocycles. The SMILES string of the molecule is O=C(Cn1nc(-c2cccs2)ccc1=O)NCCOc1ccc(-c2cccs2)nn1. The fourth-order valence-corrected chi connectivity index (χ4v) is 3.99. The van der Waals surface area contributed by atoms with Crippen molar-refractivity contribution in [2.24, 2.45) is 0 Å². The quantitative estimate of drug-likeness (QED) is 0.424. The molecule has 0 radical (unpaired) electrons. The summed E-state index contributed by atoms with van der Waals surface area (Å²) >= 11 is 3.11. The van der Waals surface area contributed by atoms with E-state index >= 15 is 0 Å². The first-order valence-corrected chi connectivity index (χ1v) is 10.8. The van der Waals surface area contributed by atoms with Crippen molar-refractivity contribution in [2.75, 3.05) is 13.2 Å². The molecule has 1 N–H and O–H groups in total. The van der Waals surface area contributed by atoms with E-state index in [-0.39, 0.29) is 31.2 Å². The molecule has 0 fully saturated rings. The summed E-state index contributed by atoms with van der Waals surface area (Å²) in [7, 11) is 0. The van der Waals surface area contributed by atoms with Crippen LogP contribution in [0.3, 0.4) is 0 Å². The Balaban J connectivity index is 1.25. The van der Waals surface area contributed by atoms with Gasteiger partial charge in [-0.15, -0.1) is 32.9 Å². The van der Waals surface area contributed by atoms with Crippen LogP contribution in [-0.2, 0) is 11.3 Å². The van der Waals surface area contributed by atoms with Gasteiger partial charge in [-0.1, -0.05) is 12.1 Å². The van der Waals surface area contributed by atoms with Crippen molar-refractivity contribution in [1.29, 1.82) is 0 Å². The van der Waals surface area contributed by atoms with Gasteiger partial charge in [0, 0.05) is 12.1 Å². The zero-order valence-electron chi connectivity index (χ0n) is 15.7. The Bertz CT molecular complexity index is 1160. The number of ether oxygens (including phenoxy) is 1. The fourth-order valence-electron chi connectivity index (χ4n) is 2.61. The average Bonchev–Trinajstić information content (AvgIpc) is 3.48. The Kier molecular flexibility index (Phi) is 6.26. The van der Waals surface area contributed by atoms with Crippen LogP contribution in [0.1, 0.15) is 0 Å². The summed E-state index contributed by atoms with van der Waals surface area (Å²) < 4.78 is 6.66. The van der Waals surface area contributed by atoms with Crippen molar-refractivity contribution >= 4 is 28.6 Å². The molecule has 152 valence electrons. The van der Waals surface area contributed by atoms with Gasteiger partial charge in [0.05, 0.1) is 16.3 Å². The van der Waals surface area contributed by atoms with Crippen LogP contribution in [0, 0.1) is 0 Å². The molecule has 1 amide bonds. The predicted octanol–water partition coefficient (Wildman–Crippen LogP) is 2.69. The van der Waals surface area contributed by atoms with Gasteiger partial charge < -0.3 is 10.1 Å². The van der Waals surface area contributed by atoms with Crippen molar-refractivity contribution in [2.45, 2.75) is 6.54 Å². The Hall–Kier alpha value is -3.37. The van der Waals surface area contributed by atoms with E-state index in [1.165, 1.54) is 17.4 Å². The highest BCUT2D eigenvalue weighted by molar-refractivity contribution is 7.13. The molecule has 0 aliphatic heterocycles. The monoisotopic (exact) mass is 439 g/mol. The molecule has 30 heavy (non-hydrogen) atoms. The fraction of sp³-hybridized carbons (Fsp3) is 0.150. The van der Waals surface area contributed by atoms with Crippen LogP contribution in [0.15, 0.2) is 64.1 Å². The third-order valence-electron chi connectivity index (χ3n) is 4.02. The van der Waals surface area contributed by atoms with E-state index < -0.39 is 0 Å². The standard InChI is InChI=1S/C20H17N5O3S2/c26-18(13-25-20(27)8-6-15(24-25)17-4-2-12-30-17)21-9-10-28-19-7-5-14(22-23-19)16-3-1-11-29-16/h1-8,11-12H,9-10,13H2,(H,21,26). The molecule has 0 saturated heterocycles. The van der Waals surface area contributed by atoms with E-state index in [1.807, 2.05) is 41.1 Å². The van der Waals surface area contributed by atoms with Crippen LogP contribution in [0.25, 0.3) is 21.1 Å². The van der Waals surface area contributed by atoms with Crippen molar-refractivity contribution in [1.82, 2.24) is 25.3 Å². The van der Waals surface area contributed by atoms with Gasteiger partial charge in [-0.3, -0.25) is 9.59 Å². The van der Waals surface area contributed by atoms with E-state index in [0.29, 0.717) is 11.6 Å². The first kappa shape index (κ1) is 19.9. The van der Waals surface area contributed by atoms with Gasteiger partial charge >= 0.3 is 0 Å². The lowest BCUT2D eigenvalue weighted by atomic mass is 10.3. The number of amides is 1. The summed E-state index contributed by atoms with van der Waals surface area (Å²) in [6, 6.07) is 14.4. The molecule has 4 aromatic rings. The number of aromatic nitrogens is 4. The molecule has 4 rings (SSSR count). The minimum absolute atomic E-state index is 0.159. The summed E-state index contributed by atoms with van der Waals surface area (Å²) in [6.45, 7) is 0.344. The summed E-state index contributed by atoms with van der Waals surface area (Å²) in [5.41, 5.74) is 1.11. The van der Waals surface area contributed by atoms with Crippen molar-refractivity contribution in [3.8, 4) is 27.0 Å². The van der Waals surface area contributed by atoms with E-state index in [4.69, 9.17) is 4.74 Å². The average molecular weight is 440 g/mol. The summed E-state index contributed by atoms with van der Waals surface area (Å²) in [5, 5.41) is 19.0. The van der Waals surface area contributed by atoms with Crippen molar-refractivity contribution < 1.29 is 9.53 Å². The maximum absolute atomic E-state index is 12.2. The first-order chi connectivity index (χ1) is 14.7. The molecule has 0 aromatic carbocycles. The number of carbonyl (C=O) groups is 1. The van der Waals surface area contributed by atoms with Gasteiger partial charge in [0.1, 0.15) is 24.5 Å². The van der Waals surface area contributed by atoms with Crippen LogP contribution in [-0.4, -0.2) is 39.0 Å². The third kappa shape index (κ3) is 4.97. The normalized spacial score (nSPS) is 10.7. The second-order valence-electron chi connectivity index (χ2n) is 6.12. The van der Waals surface area contributed by atoms with Gasteiger partial charge in [0.2, 0.25) is 11.8 Å². The lowest BCUT2D eigenvalue weighted by Gasteiger charge is -2.08. The summed E-state index contributed by atoms with van der Waals surface area (Å²) in [4.78, 5) is 26.1. The molecule has 4 heterocycles. The maximum Gasteiger partial charge on any atom is 0.267 e. The third-order valence-corrected chi connectivity index (χ3v) is 5.81. The highest BCUT2D eigenvalue weighted by atomic mass is 32.1. The van der Waals surface area contributed by atoms with E-state index in [9.17, 15) is 9.59 Å². The van der Waals surface area contributed by atoms with Crippen LogP contribution >= 0.6 is 22.7 Å². The number of nitrogens with one attached hydrogen (secondary N) is 1. The molecule has 8 nitrogen and oxygen atoms in total. The van der Waals surface area contributed by atoms with Crippen LogP contribution in [0.5, 0.6) is 5.88 Å². The molecule has 0 saturated carbocycles. The summed E-state index contributed by atoms with van der Waals surface area (Å²) in [6.07, 6.45) is 0. The van der Waals surface area contributed by atoms with Crippen molar-refractivity contribution in [3.05, 3.63) is 69.6 Å². The van der Waals surface area contributed by atoms with Gasteiger partial charge in [0.25, 0.3) is 5.56 Å². The predicted molar refractivity (Wildman–Crippen MR) is 116 cm³/mol. The van der Waals surface area contributed by atoms with Gasteiger partial charge in [-0.2, -0.15) is 5.10 Å². The van der Waals surface area contributed by atoms with Gasteiger partial charge in [-0.25, -0.2) is 4.68 Å². The minimum Gasteiger partial charge on any atom is -0.475 e. The molecular formula is C20H17N5O3S2. The highest BCUT2D eigenvalue weighted by Crippen LogP contribution is 2.23. The van der Waals surface area contributed by atoms with Crippen LogP contribution in [0.2, 0.25) is 0 Å². The van der Waals surface area contributed by atoms with E-state index in [1.54, 1.807) is 23.5 Å². The van der Waals surface area contributed by atoms with Crippen molar-refractivity contribution in [3.63, 3.8) is 0 Å².